The predicted molar refractivity (Wildman–Crippen MR) is 102 cm³/mol. The molecule has 0 spiro atoms. The molecule has 1 aromatic carbocycles. The van der Waals surface area contributed by atoms with Crippen molar-refractivity contribution in [2.45, 2.75) is 13.5 Å². The number of anilines is 2. The summed E-state index contributed by atoms with van der Waals surface area (Å²) in [7, 11) is 0. The molecule has 0 saturated carbocycles. The van der Waals surface area contributed by atoms with Crippen LogP contribution in [-0.4, -0.2) is 42.6 Å². The number of nitrogens with one attached hydrogen (secondary N) is 1. The van der Waals surface area contributed by atoms with Crippen molar-refractivity contribution in [2.24, 2.45) is 0 Å². The first-order valence-corrected chi connectivity index (χ1v) is 8.93. The van der Waals surface area contributed by atoms with E-state index in [-0.39, 0.29) is 0 Å². The van der Waals surface area contributed by atoms with Gasteiger partial charge in [-0.15, -0.1) is 0 Å². The molecule has 1 aromatic heterocycles. The zero-order chi connectivity index (χ0) is 17.6. The normalized spacial score (nSPS) is 15.0. The van der Waals surface area contributed by atoms with Crippen LogP contribution >= 0.6 is 11.6 Å². The van der Waals surface area contributed by atoms with E-state index in [0.29, 0.717) is 17.1 Å². The Labute approximate surface area is 153 Å². The molecule has 1 fully saturated rings. The average molecular weight is 356 g/mol. The van der Waals surface area contributed by atoms with Gasteiger partial charge in [-0.3, -0.25) is 0 Å². The molecule has 0 unspecified atom stereocenters. The third-order valence-electron chi connectivity index (χ3n) is 4.54. The fourth-order valence-electron chi connectivity index (χ4n) is 3.00. The maximum atomic E-state index is 9.23. The van der Waals surface area contributed by atoms with E-state index in [9.17, 15) is 5.26 Å². The Kier molecular flexibility index (Phi) is 5.75. The highest BCUT2D eigenvalue weighted by molar-refractivity contribution is 6.30. The Balaban J connectivity index is 1.66. The lowest BCUT2D eigenvalue weighted by Gasteiger charge is -2.34. The van der Waals surface area contributed by atoms with Crippen LogP contribution in [0.5, 0.6) is 0 Å². The number of likely N-dealkylation sites (N-methyl/N-ethyl adjacent to an activating group) is 1. The minimum atomic E-state index is 0.553. The van der Waals surface area contributed by atoms with Gasteiger partial charge in [-0.1, -0.05) is 18.5 Å². The van der Waals surface area contributed by atoms with E-state index in [1.54, 1.807) is 12.1 Å². The summed E-state index contributed by atoms with van der Waals surface area (Å²) >= 11 is 5.94. The second kappa shape index (κ2) is 8.19. The van der Waals surface area contributed by atoms with E-state index in [1.807, 2.05) is 18.3 Å². The van der Waals surface area contributed by atoms with Crippen molar-refractivity contribution in [1.82, 2.24) is 9.88 Å². The highest BCUT2D eigenvalue weighted by Gasteiger charge is 2.16. The monoisotopic (exact) mass is 355 g/mol. The van der Waals surface area contributed by atoms with E-state index in [0.717, 1.165) is 49.8 Å². The highest BCUT2D eigenvalue weighted by Crippen LogP contribution is 2.21. The Morgan fingerprint density at radius 1 is 1.20 bits per heavy atom. The molecule has 1 aliphatic heterocycles. The molecule has 6 heteroatoms. The van der Waals surface area contributed by atoms with Crippen molar-refractivity contribution < 1.29 is 0 Å². The van der Waals surface area contributed by atoms with E-state index in [1.165, 1.54) is 0 Å². The van der Waals surface area contributed by atoms with Crippen LogP contribution in [0.3, 0.4) is 0 Å². The first-order valence-electron chi connectivity index (χ1n) is 8.55. The Morgan fingerprint density at radius 3 is 2.72 bits per heavy atom. The Morgan fingerprint density at radius 2 is 2.00 bits per heavy atom. The molecule has 1 aliphatic rings. The maximum Gasteiger partial charge on any atom is 0.128 e. The van der Waals surface area contributed by atoms with Gasteiger partial charge >= 0.3 is 0 Å². The largest absolute Gasteiger partial charge is 0.380 e. The molecule has 1 N–H and O–H groups in total. The molecule has 0 atom stereocenters. The second-order valence-electron chi connectivity index (χ2n) is 6.10. The van der Waals surface area contributed by atoms with Gasteiger partial charge < -0.3 is 15.1 Å². The van der Waals surface area contributed by atoms with Crippen molar-refractivity contribution in [1.29, 1.82) is 5.26 Å². The van der Waals surface area contributed by atoms with Crippen LogP contribution in [0.2, 0.25) is 5.02 Å². The van der Waals surface area contributed by atoms with E-state index in [4.69, 9.17) is 11.6 Å². The van der Waals surface area contributed by atoms with Gasteiger partial charge in [0.05, 0.1) is 11.3 Å². The molecule has 0 aliphatic carbocycles. The quantitative estimate of drug-likeness (QED) is 0.891. The van der Waals surface area contributed by atoms with Crippen LogP contribution in [0.1, 0.15) is 18.1 Å². The number of hydrogen-bond acceptors (Lipinski definition) is 5. The zero-order valence-corrected chi connectivity index (χ0v) is 15.1. The molecule has 0 amide bonds. The number of halogens is 1. The average Bonchev–Trinajstić information content (AvgIpc) is 2.67. The summed E-state index contributed by atoms with van der Waals surface area (Å²) in [5.74, 6) is 1.02. The van der Waals surface area contributed by atoms with Crippen molar-refractivity contribution >= 4 is 23.1 Å². The van der Waals surface area contributed by atoms with Crippen LogP contribution in [0.4, 0.5) is 11.5 Å². The first-order chi connectivity index (χ1) is 12.2. The van der Waals surface area contributed by atoms with Gasteiger partial charge in [0.25, 0.3) is 0 Å². The molecule has 0 bridgehead atoms. The third-order valence-corrected chi connectivity index (χ3v) is 4.77. The highest BCUT2D eigenvalue weighted by atomic mass is 35.5. The molecule has 0 radical (unpaired) electrons. The smallest absolute Gasteiger partial charge is 0.128 e. The minimum absolute atomic E-state index is 0.553. The van der Waals surface area contributed by atoms with Crippen LogP contribution in [0.25, 0.3) is 0 Å². The van der Waals surface area contributed by atoms with Crippen LogP contribution in [0, 0.1) is 11.3 Å². The fraction of sp³-hybridized carbons (Fsp3) is 0.368. The van der Waals surface area contributed by atoms with Crippen LogP contribution < -0.4 is 10.2 Å². The standard InChI is InChI=1S/C19H22ClN5/c1-2-24-7-9-25(10-8-24)19-11-15(5-6-22-19)14-23-18-4-3-17(20)12-16(18)13-21/h3-6,11-12,23H,2,7-10,14H2,1H3. The van der Waals surface area contributed by atoms with Gasteiger partial charge in [-0.05, 0) is 42.4 Å². The summed E-state index contributed by atoms with van der Waals surface area (Å²) in [6.07, 6.45) is 1.85. The predicted octanol–water partition coefficient (Wildman–Crippen LogP) is 3.36. The van der Waals surface area contributed by atoms with Crippen molar-refractivity contribution in [2.75, 3.05) is 42.9 Å². The van der Waals surface area contributed by atoms with Gasteiger partial charge in [0.2, 0.25) is 0 Å². The number of rotatable bonds is 5. The van der Waals surface area contributed by atoms with Crippen molar-refractivity contribution in [3.63, 3.8) is 0 Å². The summed E-state index contributed by atoms with van der Waals surface area (Å²) < 4.78 is 0. The van der Waals surface area contributed by atoms with E-state index >= 15 is 0 Å². The zero-order valence-electron chi connectivity index (χ0n) is 14.4. The van der Waals surface area contributed by atoms with Crippen molar-refractivity contribution in [3.8, 4) is 6.07 Å². The fourth-order valence-corrected chi connectivity index (χ4v) is 3.17. The lowest BCUT2D eigenvalue weighted by atomic mass is 10.2. The molecule has 2 aromatic rings. The summed E-state index contributed by atoms with van der Waals surface area (Å²) in [5.41, 5.74) is 2.49. The third kappa shape index (κ3) is 4.41. The molecule has 3 rings (SSSR count). The molecule has 2 heterocycles. The molecular formula is C19H22ClN5. The minimum Gasteiger partial charge on any atom is -0.380 e. The number of hydrogen-bond donors (Lipinski definition) is 1. The molecule has 1 saturated heterocycles. The van der Waals surface area contributed by atoms with Crippen molar-refractivity contribution in [3.05, 3.63) is 52.7 Å². The summed E-state index contributed by atoms with van der Waals surface area (Å²) in [4.78, 5) is 9.31. The summed E-state index contributed by atoms with van der Waals surface area (Å²) in [5, 5.41) is 13.1. The van der Waals surface area contributed by atoms with Gasteiger partial charge in [0.1, 0.15) is 11.9 Å². The molecule has 25 heavy (non-hydrogen) atoms. The number of pyridine rings is 1. The van der Waals surface area contributed by atoms with Crippen LogP contribution in [0.15, 0.2) is 36.5 Å². The lowest BCUT2D eigenvalue weighted by molar-refractivity contribution is 0.270. The molecule has 130 valence electrons. The Bertz CT molecular complexity index is 763. The second-order valence-corrected chi connectivity index (χ2v) is 6.54. The van der Waals surface area contributed by atoms with E-state index in [2.05, 4.69) is 39.2 Å². The molecule has 5 nitrogen and oxygen atoms in total. The number of benzene rings is 1. The SMILES string of the molecule is CCN1CCN(c2cc(CNc3ccc(Cl)cc3C#N)ccn2)CC1. The summed E-state index contributed by atoms with van der Waals surface area (Å²) in [6, 6.07) is 11.6. The summed E-state index contributed by atoms with van der Waals surface area (Å²) in [6.45, 7) is 8.12. The first kappa shape index (κ1) is 17.5. The van der Waals surface area contributed by atoms with Gasteiger partial charge in [-0.25, -0.2) is 4.98 Å². The number of aromatic nitrogens is 1. The van der Waals surface area contributed by atoms with Gasteiger partial charge in [0.15, 0.2) is 0 Å². The van der Waals surface area contributed by atoms with Crippen LogP contribution in [-0.2, 0) is 6.54 Å². The topological polar surface area (TPSA) is 55.2 Å². The Hall–Kier alpha value is -2.29. The van der Waals surface area contributed by atoms with Gasteiger partial charge in [0, 0.05) is 43.9 Å². The molecular weight excluding hydrogens is 334 g/mol. The number of nitriles is 1. The van der Waals surface area contributed by atoms with Gasteiger partial charge in [-0.2, -0.15) is 5.26 Å². The number of piperazine rings is 1. The van der Waals surface area contributed by atoms with E-state index < -0.39 is 0 Å². The lowest BCUT2D eigenvalue weighted by Crippen LogP contribution is -2.46. The maximum absolute atomic E-state index is 9.23. The number of nitrogens with zero attached hydrogens (tertiary/aromatic N) is 4.